The van der Waals surface area contributed by atoms with Crippen LogP contribution in [0.2, 0.25) is 10.0 Å². The molecule has 11 nitrogen and oxygen atoms in total. The number of ether oxygens (including phenoxy) is 1. The number of hydrogen-bond acceptors (Lipinski definition) is 8. The minimum Gasteiger partial charge on any atom is -0.444 e. The molecule has 1 aliphatic heterocycles. The van der Waals surface area contributed by atoms with Crippen molar-refractivity contribution >= 4 is 47.0 Å². The smallest absolute Gasteiger partial charge is 0.410 e. The first-order chi connectivity index (χ1) is 21.5. The Kier molecular flexibility index (Phi) is 10.7. The summed E-state index contributed by atoms with van der Waals surface area (Å²) < 4.78 is 7.37. The topological polar surface area (TPSA) is 118 Å². The molecule has 3 heterocycles. The number of carbonyl (C=O) groups excluding carboxylic acids is 2. The number of piperazine rings is 1. The van der Waals surface area contributed by atoms with E-state index in [9.17, 15) is 9.59 Å². The summed E-state index contributed by atoms with van der Waals surface area (Å²) in [6, 6.07) is 6.59. The van der Waals surface area contributed by atoms with Gasteiger partial charge in [0.2, 0.25) is 11.9 Å². The minimum absolute atomic E-state index is 0.123. The molecule has 1 aliphatic carbocycles. The van der Waals surface area contributed by atoms with E-state index < -0.39 is 11.6 Å². The number of carbonyl (C=O) groups is 2. The van der Waals surface area contributed by atoms with Crippen molar-refractivity contribution in [2.24, 2.45) is 5.92 Å². The largest absolute Gasteiger partial charge is 0.444 e. The summed E-state index contributed by atoms with van der Waals surface area (Å²) in [4.78, 5) is 44.0. The van der Waals surface area contributed by atoms with Crippen LogP contribution in [0.15, 0.2) is 43.0 Å². The average molecular weight is 658 g/mol. The lowest BCUT2D eigenvalue weighted by atomic mass is 9.84. The first-order valence-corrected chi connectivity index (χ1v) is 16.4. The summed E-state index contributed by atoms with van der Waals surface area (Å²) in [7, 11) is 0. The summed E-state index contributed by atoms with van der Waals surface area (Å²) in [6.07, 6.45) is 11.3. The Bertz CT molecular complexity index is 1450. The summed E-state index contributed by atoms with van der Waals surface area (Å²) in [5, 5.41) is 7.59. The average Bonchev–Trinajstić information content (AvgIpc) is 3.55. The molecule has 1 aromatic carbocycles. The molecule has 5 rings (SSSR count). The molecule has 2 N–H and O–H groups in total. The van der Waals surface area contributed by atoms with Crippen LogP contribution < -0.4 is 15.5 Å². The molecule has 1 saturated carbocycles. The molecule has 45 heavy (non-hydrogen) atoms. The third kappa shape index (κ3) is 9.23. The molecular formula is C32H42Cl2N8O3. The predicted octanol–water partition coefficient (Wildman–Crippen LogP) is 6.09. The van der Waals surface area contributed by atoms with Crippen LogP contribution >= 0.6 is 23.2 Å². The van der Waals surface area contributed by atoms with Crippen LogP contribution in [-0.2, 0) is 16.1 Å². The molecule has 0 bridgehead atoms. The maximum Gasteiger partial charge on any atom is 0.410 e. The molecule has 13 heteroatoms. The van der Waals surface area contributed by atoms with Crippen molar-refractivity contribution in [3.05, 3.63) is 58.6 Å². The Morgan fingerprint density at radius 3 is 2.47 bits per heavy atom. The third-order valence-corrected chi connectivity index (χ3v) is 8.67. The highest BCUT2D eigenvalue weighted by atomic mass is 35.5. The molecule has 0 radical (unpaired) electrons. The van der Waals surface area contributed by atoms with E-state index in [1.54, 1.807) is 29.6 Å². The zero-order chi connectivity index (χ0) is 32.0. The number of halogens is 2. The fraction of sp³-hybridized carbons (Fsp3) is 0.531. The van der Waals surface area contributed by atoms with Gasteiger partial charge in [-0.25, -0.2) is 9.78 Å². The second-order valence-corrected chi connectivity index (χ2v) is 13.6. The lowest BCUT2D eigenvalue weighted by Gasteiger charge is -2.35. The highest BCUT2D eigenvalue weighted by molar-refractivity contribution is 6.35. The second-order valence-electron chi connectivity index (χ2n) is 12.7. The highest BCUT2D eigenvalue weighted by Crippen LogP contribution is 2.29. The molecule has 1 saturated heterocycles. The van der Waals surface area contributed by atoms with Crippen LogP contribution in [0.1, 0.15) is 64.9 Å². The van der Waals surface area contributed by atoms with Crippen molar-refractivity contribution < 1.29 is 14.3 Å². The van der Waals surface area contributed by atoms with Crippen molar-refractivity contribution in [2.75, 3.05) is 36.4 Å². The fourth-order valence-corrected chi connectivity index (χ4v) is 6.19. The lowest BCUT2D eigenvalue weighted by Crippen LogP contribution is -2.50. The van der Waals surface area contributed by atoms with Gasteiger partial charge in [-0.05, 0) is 50.8 Å². The van der Waals surface area contributed by atoms with E-state index in [2.05, 4.69) is 15.6 Å². The van der Waals surface area contributed by atoms with Gasteiger partial charge in [-0.2, -0.15) is 9.97 Å². The molecule has 3 aromatic rings. The summed E-state index contributed by atoms with van der Waals surface area (Å²) in [5.74, 6) is 1.99. The number of benzene rings is 1. The summed E-state index contributed by atoms with van der Waals surface area (Å²) >= 11 is 12.4. The van der Waals surface area contributed by atoms with E-state index in [1.165, 1.54) is 19.3 Å². The van der Waals surface area contributed by atoms with E-state index in [4.69, 9.17) is 37.9 Å². The van der Waals surface area contributed by atoms with Crippen molar-refractivity contribution in [3.8, 4) is 5.82 Å². The fourth-order valence-electron chi connectivity index (χ4n) is 5.72. The number of aromatic nitrogens is 4. The van der Waals surface area contributed by atoms with Crippen LogP contribution in [0.4, 0.5) is 16.6 Å². The van der Waals surface area contributed by atoms with Crippen LogP contribution in [0.3, 0.4) is 0 Å². The maximum atomic E-state index is 13.7. The summed E-state index contributed by atoms with van der Waals surface area (Å²) in [5.41, 5.74) is 0.238. The van der Waals surface area contributed by atoms with Gasteiger partial charge in [0.05, 0.1) is 0 Å². The number of anilines is 2. The molecule has 0 unspecified atom stereocenters. The quantitative estimate of drug-likeness (QED) is 0.284. The van der Waals surface area contributed by atoms with Gasteiger partial charge < -0.3 is 25.2 Å². The van der Waals surface area contributed by atoms with E-state index >= 15 is 0 Å². The SMILES string of the molecule is CC(C)(C)OC(=O)N1CCN(c2nc(N[C@H](CC3CCCCC3)C(=O)NCc3ccc(Cl)cc3Cl)cc(-n3ccnc3)n2)CC1. The molecule has 2 amide bonds. The Morgan fingerprint density at radius 2 is 1.80 bits per heavy atom. The molecular weight excluding hydrogens is 615 g/mol. The number of nitrogens with one attached hydrogen (secondary N) is 2. The monoisotopic (exact) mass is 656 g/mol. The molecule has 2 fully saturated rings. The molecule has 2 aliphatic rings. The van der Waals surface area contributed by atoms with Gasteiger partial charge in [0.25, 0.3) is 0 Å². The normalized spacial score (nSPS) is 16.7. The van der Waals surface area contributed by atoms with E-state index in [0.717, 1.165) is 18.4 Å². The first-order valence-electron chi connectivity index (χ1n) is 15.6. The standard InChI is InChI=1S/C32H42Cl2N8O3/c1-32(2,3)45-31(44)41-15-13-40(14-16-41)30-38-27(19-28(39-30)42-12-11-35-21-42)37-26(17-22-7-5-4-6-8-22)29(43)36-20-23-9-10-24(33)18-25(23)34/h9-12,18-19,21-22,26H,4-8,13-17,20H2,1-3H3,(H,36,43)(H,37,38,39)/t26-/m1/s1. The zero-order valence-corrected chi connectivity index (χ0v) is 27.7. The maximum absolute atomic E-state index is 13.7. The molecule has 0 spiro atoms. The van der Waals surface area contributed by atoms with Gasteiger partial charge in [0.15, 0.2) is 0 Å². The Morgan fingerprint density at radius 1 is 1.04 bits per heavy atom. The van der Waals surface area contributed by atoms with E-state index in [1.807, 2.05) is 48.6 Å². The van der Waals surface area contributed by atoms with Crippen LogP contribution in [0.5, 0.6) is 0 Å². The number of amides is 2. The Hall–Kier alpha value is -3.57. The van der Waals surface area contributed by atoms with Gasteiger partial charge in [0.1, 0.15) is 29.6 Å². The van der Waals surface area contributed by atoms with Crippen molar-refractivity contribution in [1.29, 1.82) is 0 Å². The van der Waals surface area contributed by atoms with Gasteiger partial charge in [-0.1, -0.05) is 61.4 Å². The molecule has 242 valence electrons. The van der Waals surface area contributed by atoms with Gasteiger partial charge in [0, 0.05) is 61.2 Å². The third-order valence-electron chi connectivity index (χ3n) is 8.08. The van der Waals surface area contributed by atoms with Gasteiger partial charge in [-0.3, -0.25) is 9.36 Å². The Labute approximate surface area is 274 Å². The summed E-state index contributed by atoms with van der Waals surface area (Å²) in [6.45, 7) is 7.92. The minimum atomic E-state index is -0.557. The van der Waals surface area contributed by atoms with Crippen molar-refractivity contribution in [3.63, 3.8) is 0 Å². The zero-order valence-electron chi connectivity index (χ0n) is 26.1. The van der Waals surface area contributed by atoms with Gasteiger partial charge in [-0.15, -0.1) is 0 Å². The van der Waals surface area contributed by atoms with Crippen LogP contribution in [0.25, 0.3) is 5.82 Å². The number of hydrogen-bond donors (Lipinski definition) is 2. The number of rotatable bonds is 9. The predicted molar refractivity (Wildman–Crippen MR) is 176 cm³/mol. The van der Waals surface area contributed by atoms with E-state index in [0.29, 0.717) is 66.1 Å². The van der Waals surface area contributed by atoms with Crippen molar-refractivity contribution in [1.82, 2.24) is 29.7 Å². The van der Waals surface area contributed by atoms with Crippen molar-refractivity contribution in [2.45, 2.75) is 77.5 Å². The number of imidazole rings is 1. The van der Waals surface area contributed by atoms with E-state index in [-0.39, 0.29) is 18.5 Å². The molecule has 2 aromatic heterocycles. The molecule has 1 atom stereocenters. The van der Waals surface area contributed by atoms with Crippen LogP contribution in [-0.4, -0.2) is 74.2 Å². The lowest BCUT2D eigenvalue weighted by molar-refractivity contribution is -0.122. The Balaban J connectivity index is 1.35. The van der Waals surface area contributed by atoms with Gasteiger partial charge >= 0.3 is 6.09 Å². The van der Waals surface area contributed by atoms with Crippen LogP contribution in [0, 0.1) is 5.92 Å². The highest BCUT2D eigenvalue weighted by Gasteiger charge is 2.29. The second kappa shape index (κ2) is 14.7. The number of nitrogens with zero attached hydrogens (tertiary/aromatic N) is 6. The first kappa shape index (κ1) is 32.8.